The summed E-state index contributed by atoms with van der Waals surface area (Å²) in [6.07, 6.45) is 0.289. The molecule has 8 nitrogen and oxygen atoms in total. The van der Waals surface area contributed by atoms with E-state index < -0.39 is 23.8 Å². The maximum atomic E-state index is 12.9. The fraction of sp³-hybridized carbons (Fsp3) is 0.474. The molecule has 0 aromatic heterocycles. The van der Waals surface area contributed by atoms with E-state index in [0.29, 0.717) is 23.7 Å². The molecule has 142 valence electrons. The van der Waals surface area contributed by atoms with Crippen LogP contribution in [-0.4, -0.2) is 65.1 Å². The van der Waals surface area contributed by atoms with E-state index in [2.05, 4.69) is 22.5 Å². The van der Waals surface area contributed by atoms with Gasteiger partial charge in [0.1, 0.15) is 6.04 Å². The topological polar surface area (TPSA) is 98.8 Å². The van der Waals surface area contributed by atoms with Crippen LogP contribution in [0, 0.1) is 0 Å². The van der Waals surface area contributed by atoms with Gasteiger partial charge in [-0.05, 0) is 31.0 Å². The second-order valence-corrected chi connectivity index (χ2v) is 7.35. The molecule has 1 aromatic rings. The van der Waals surface area contributed by atoms with Crippen molar-refractivity contribution >= 4 is 23.6 Å². The molecule has 8 heteroatoms. The fourth-order valence-electron chi connectivity index (χ4n) is 3.97. The quantitative estimate of drug-likeness (QED) is 0.720. The van der Waals surface area contributed by atoms with E-state index in [1.54, 1.807) is 12.1 Å². The minimum Gasteiger partial charge on any atom is -0.314 e. The van der Waals surface area contributed by atoms with Crippen molar-refractivity contribution in [3.8, 4) is 0 Å². The largest absolute Gasteiger partial charge is 0.314 e. The number of nitrogens with one attached hydrogen (secondary N) is 2. The molecule has 1 unspecified atom stereocenters. The Kier molecular flexibility index (Phi) is 4.53. The van der Waals surface area contributed by atoms with Gasteiger partial charge in [-0.25, -0.2) is 0 Å². The highest BCUT2D eigenvalue weighted by molar-refractivity contribution is 6.23. The predicted molar refractivity (Wildman–Crippen MR) is 95.9 cm³/mol. The molecule has 1 aromatic carbocycles. The molecule has 0 aliphatic carbocycles. The fourth-order valence-corrected chi connectivity index (χ4v) is 3.97. The summed E-state index contributed by atoms with van der Waals surface area (Å²) in [5, 5.41) is 5.55. The summed E-state index contributed by atoms with van der Waals surface area (Å²) in [6.45, 7) is 5.63. The van der Waals surface area contributed by atoms with E-state index in [1.165, 1.54) is 0 Å². The van der Waals surface area contributed by atoms with Crippen LogP contribution in [0.2, 0.25) is 0 Å². The first kappa shape index (κ1) is 17.8. The van der Waals surface area contributed by atoms with Gasteiger partial charge < -0.3 is 5.32 Å². The average Bonchev–Trinajstić information content (AvgIpc) is 2.88. The molecule has 2 saturated heterocycles. The molecule has 0 spiro atoms. The Bertz CT molecular complexity index is 837. The highest BCUT2D eigenvalue weighted by Gasteiger charge is 2.44. The van der Waals surface area contributed by atoms with E-state index >= 15 is 0 Å². The van der Waals surface area contributed by atoms with Gasteiger partial charge >= 0.3 is 0 Å². The molecule has 4 rings (SSSR count). The van der Waals surface area contributed by atoms with Gasteiger partial charge in [0.2, 0.25) is 11.8 Å². The highest BCUT2D eigenvalue weighted by atomic mass is 16.2. The Morgan fingerprint density at radius 1 is 1.11 bits per heavy atom. The number of nitrogens with zero attached hydrogens (tertiary/aromatic N) is 2. The van der Waals surface area contributed by atoms with Crippen LogP contribution >= 0.6 is 0 Å². The lowest BCUT2D eigenvalue weighted by Crippen LogP contribution is -2.54. The summed E-state index contributed by atoms with van der Waals surface area (Å²) in [5.74, 6) is -1.89. The zero-order valence-corrected chi connectivity index (χ0v) is 15.2. The Morgan fingerprint density at radius 2 is 1.89 bits per heavy atom. The zero-order chi connectivity index (χ0) is 19.1. The number of rotatable bonds is 3. The third-order valence-corrected chi connectivity index (χ3v) is 5.53. The van der Waals surface area contributed by atoms with Crippen LogP contribution in [0.15, 0.2) is 18.2 Å². The highest BCUT2D eigenvalue weighted by Crippen LogP contribution is 2.28. The van der Waals surface area contributed by atoms with Gasteiger partial charge in [-0.2, -0.15) is 0 Å². The number of hydrogen-bond donors (Lipinski definition) is 2. The van der Waals surface area contributed by atoms with Gasteiger partial charge in [-0.1, -0.05) is 6.07 Å². The average molecular weight is 370 g/mol. The Labute approximate surface area is 156 Å². The van der Waals surface area contributed by atoms with Crippen molar-refractivity contribution in [1.82, 2.24) is 20.4 Å². The van der Waals surface area contributed by atoms with E-state index in [4.69, 9.17) is 0 Å². The number of benzene rings is 1. The van der Waals surface area contributed by atoms with Crippen LogP contribution in [0.25, 0.3) is 0 Å². The van der Waals surface area contributed by atoms with Crippen molar-refractivity contribution in [2.75, 3.05) is 19.6 Å². The van der Waals surface area contributed by atoms with Crippen molar-refractivity contribution in [3.63, 3.8) is 0 Å². The van der Waals surface area contributed by atoms with E-state index in [0.717, 1.165) is 30.1 Å². The summed E-state index contributed by atoms with van der Waals surface area (Å²) in [7, 11) is 0. The lowest BCUT2D eigenvalue weighted by Gasteiger charge is -2.33. The van der Waals surface area contributed by atoms with Crippen molar-refractivity contribution < 1.29 is 19.2 Å². The minimum atomic E-state index is -0.924. The van der Waals surface area contributed by atoms with Crippen LogP contribution in [0.3, 0.4) is 0 Å². The molecular weight excluding hydrogens is 348 g/mol. The summed E-state index contributed by atoms with van der Waals surface area (Å²) >= 11 is 0. The van der Waals surface area contributed by atoms with E-state index in [-0.39, 0.29) is 18.7 Å². The third-order valence-electron chi connectivity index (χ3n) is 5.53. The van der Waals surface area contributed by atoms with Crippen LogP contribution in [0.5, 0.6) is 0 Å². The number of imide groups is 2. The van der Waals surface area contributed by atoms with Crippen LogP contribution in [0.4, 0.5) is 0 Å². The maximum Gasteiger partial charge on any atom is 0.262 e. The monoisotopic (exact) mass is 370 g/mol. The number of carbonyl (C=O) groups is 4. The molecule has 2 N–H and O–H groups in total. The van der Waals surface area contributed by atoms with Crippen LogP contribution in [0.1, 0.15) is 46.0 Å². The van der Waals surface area contributed by atoms with Crippen molar-refractivity contribution in [2.24, 2.45) is 0 Å². The molecular formula is C19H22N4O4. The first-order valence-electron chi connectivity index (χ1n) is 9.25. The van der Waals surface area contributed by atoms with Gasteiger partial charge in [0.15, 0.2) is 0 Å². The molecule has 27 heavy (non-hydrogen) atoms. The van der Waals surface area contributed by atoms with Gasteiger partial charge in [0.25, 0.3) is 11.8 Å². The van der Waals surface area contributed by atoms with Crippen molar-refractivity contribution in [3.05, 3.63) is 34.9 Å². The molecule has 0 radical (unpaired) electrons. The predicted octanol–water partition coefficient (Wildman–Crippen LogP) is -0.118. The lowest BCUT2D eigenvalue weighted by molar-refractivity contribution is -0.136. The van der Waals surface area contributed by atoms with E-state index in [1.807, 2.05) is 6.07 Å². The summed E-state index contributed by atoms with van der Waals surface area (Å²) in [6, 6.07) is 4.77. The standard InChI is InChI=1S/C19H22N4O4/c1-11-9-20-6-7-22(11)10-12-2-3-13-14(8-12)19(27)23(18(13)26)15-4-5-16(24)21-17(15)25/h2-3,8,11,15,20H,4-7,9-10H2,1H3,(H,21,24,25)/t11-,15?/m0/s1. The first-order valence-corrected chi connectivity index (χ1v) is 9.25. The second kappa shape index (κ2) is 6.86. The van der Waals surface area contributed by atoms with Gasteiger partial charge in [-0.15, -0.1) is 0 Å². The Balaban J connectivity index is 1.56. The van der Waals surface area contributed by atoms with Crippen molar-refractivity contribution in [2.45, 2.75) is 38.4 Å². The Morgan fingerprint density at radius 3 is 2.63 bits per heavy atom. The minimum absolute atomic E-state index is 0.121. The third kappa shape index (κ3) is 3.15. The van der Waals surface area contributed by atoms with Crippen LogP contribution in [-0.2, 0) is 16.1 Å². The smallest absolute Gasteiger partial charge is 0.262 e. The molecule has 2 fully saturated rings. The molecule has 3 aliphatic heterocycles. The van der Waals surface area contributed by atoms with E-state index in [9.17, 15) is 19.2 Å². The number of carbonyl (C=O) groups excluding carboxylic acids is 4. The Hall–Kier alpha value is -2.58. The summed E-state index contributed by atoms with van der Waals surface area (Å²) in [5.41, 5.74) is 1.63. The summed E-state index contributed by atoms with van der Waals surface area (Å²) in [4.78, 5) is 52.4. The molecule has 3 aliphatic rings. The number of fused-ring (bicyclic) bond motifs is 1. The van der Waals surface area contributed by atoms with Crippen molar-refractivity contribution in [1.29, 1.82) is 0 Å². The van der Waals surface area contributed by atoms with Gasteiger partial charge in [0, 0.05) is 38.6 Å². The zero-order valence-electron chi connectivity index (χ0n) is 15.2. The number of amides is 4. The SMILES string of the molecule is C[C@H]1CNCCN1Cc1ccc2c(c1)C(=O)N(C1CCC(=O)NC1=O)C2=O. The number of piperazine rings is 1. The number of hydrogen-bond acceptors (Lipinski definition) is 6. The van der Waals surface area contributed by atoms with Crippen LogP contribution < -0.4 is 10.6 Å². The maximum absolute atomic E-state index is 12.9. The molecule has 4 amide bonds. The second-order valence-electron chi connectivity index (χ2n) is 7.35. The first-order chi connectivity index (χ1) is 13.0. The molecule has 3 heterocycles. The number of piperidine rings is 1. The van der Waals surface area contributed by atoms with Gasteiger partial charge in [-0.3, -0.25) is 34.3 Å². The lowest BCUT2D eigenvalue weighted by atomic mass is 10.0. The normalized spacial score (nSPS) is 26.3. The van der Waals surface area contributed by atoms with Gasteiger partial charge in [0.05, 0.1) is 11.1 Å². The molecule has 2 atom stereocenters. The molecule has 0 saturated carbocycles. The molecule has 0 bridgehead atoms. The summed E-state index contributed by atoms with van der Waals surface area (Å²) < 4.78 is 0.